The second-order valence-electron chi connectivity index (χ2n) is 10.2. The number of nitrogens with one attached hydrogen (secondary N) is 3. The molecule has 2 aromatic carbocycles. The monoisotopic (exact) mass is 465 g/mol. The Labute approximate surface area is 207 Å². The van der Waals surface area contributed by atoms with Gasteiger partial charge in [0.1, 0.15) is 11.6 Å². The molecule has 1 aliphatic heterocycles. The third-order valence-corrected chi connectivity index (χ3v) is 7.71. The number of aromatic amines is 2. The van der Waals surface area contributed by atoms with Gasteiger partial charge < -0.3 is 15.3 Å². The van der Waals surface area contributed by atoms with Crippen molar-refractivity contribution in [2.75, 3.05) is 6.54 Å². The molecule has 180 valence electrons. The molecule has 0 bridgehead atoms. The highest BCUT2D eigenvalue weighted by atomic mass is 15.0. The van der Waals surface area contributed by atoms with E-state index in [1.54, 1.807) is 0 Å². The topological polar surface area (TPSA) is 69.4 Å². The largest absolute Gasteiger partial charge is 0.344 e. The van der Waals surface area contributed by atoms with Gasteiger partial charge in [0.05, 0.1) is 23.6 Å². The van der Waals surface area contributed by atoms with Crippen molar-refractivity contribution in [2.24, 2.45) is 0 Å². The Bertz CT molecular complexity index is 1250. The molecule has 35 heavy (non-hydrogen) atoms. The van der Waals surface area contributed by atoms with E-state index in [1.165, 1.54) is 60.1 Å². The van der Waals surface area contributed by atoms with Gasteiger partial charge in [-0.2, -0.15) is 0 Å². The van der Waals surface area contributed by atoms with Crippen LogP contribution in [0.1, 0.15) is 81.2 Å². The van der Waals surface area contributed by atoms with Gasteiger partial charge in [-0.3, -0.25) is 0 Å². The molecule has 5 heteroatoms. The van der Waals surface area contributed by atoms with E-state index >= 15 is 0 Å². The number of benzene rings is 2. The van der Waals surface area contributed by atoms with Crippen molar-refractivity contribution in [3.63, 3.8) is 0 Å². The summed E-state index contributed by atoms with van der Waals surface area (Å²) < 4.78 is 0. The van der Waals surface area contributed by atoms with Crippen LogP contribution in [0.3, 0.4) is 0 Å². The lowest BCUT2D eigenvalue weighted by atomic mass is 10.00. The van der Waals surface area contributed by atoms with Gasteiger partial charge in [0.2, 0.25) is 0 Å². The minimum Gasteiger partial charge on any atom is -0.344 e. The molecule has 2 fully saturated rings. The Balaban J connectivity index is 1.20. The smallest absolute Gasteiger partial charge is 0.124 e. The highest BCUT2D eigenvalue weighted by Crippen LogP contribution is 2.34. The summed E-state index contributed by atoms with van der Waals surface area (Å²) in [7, 11) is 0. The van der Waals surface area contributed by atoms with Crippen LogP contribution in [0.4, 0.5) is 0 Å². The van der Waals surface area contributed by atoms with Crippen molar-refractivity contribution in [2.45, 2.75) is 70.3 Å². The van der Waals surface area contributed by atoms with Gasteiger partial charge in [-0.25, -0.2) is 9.97 Å². The lowest BCUT2D eigenvalue weighted by Gasteiger charge is -2.07. The van der Waals surface area contributed by atoms with Crippen LogP contribution in [0.25, 0.3) is 33.6 Å². The summed E-state index contributed by atoms with van der Waals surface area (Å²) in [5, 5.41) is 3.57. The molecule has 2 aliphatic rings. The molecule has 1 atom stereocenters. The fourth-order valence-electron chi connectivity index (χ4n) is 5.74. The van der Waals surface area contributed by atoms with Gasteiger partial charge in [-0.05, 0) is 55.3 Å². The number of nitrogens with zero attached hydrogens (tertiary/aromatic N) is 2. The first-order valence-electron chi connectivity index (χ1n) is 13.4. The van der Waals surface area contributed by atoms with Crippen LogP contribution in [0, 0.1) is 0 Å². The summed E-state index contributed by atoms with van der Waals surface area (Å²) >= 11 is 0. The maximum atomic E-state index is 5.03. The molecule has 3 N–H and O–H groups in total. The zero-order chi connectivity index (χ0) is 23.6. The molecule has 5 nitrogen and oxygen atoms in total. The maximum Gasteiger partial charge on any atom is 0.124 e. The van der Waals surface area contributed by atoms with Crippen molar-refractivity contribution in [1.29, 1.82) is 0 Å². The number of aromatic nitrogens is 4. The quantitative estimate of drug-likeness (QED) is 0.271. The average Bonchev–Trinajstić information content (AvgIpc) is 3.70. The van der Waals surface area contributed by atoms with Crippen molar-refractivity contribution in [1.82, 2.24) is 25.3 Å². The minimum atomic E-state index is 0.362. The van der Waals surface area contributed by atoms with Crippen LogP contribution < -0.4 is 5.32 Å². The van der Waals surface area contributed by atoms with Crippen LogP contribution >= 0.6 is 0 Å². The summed E-state index contributed by atoms with van der Waals surface area (Å²) in [6, 6.07) is 18.0. The molecule has 0 spiro atoms. The standard InChI is InChI=1S/C30H35N5/c1-2-6-25-28(35-30(33-25)26-9-5-18-31-26)23-16-12-21(13-17-23)20-10-14-22(15-11-20)27-19-32-29(34-27)24-7-3-4-8-24/h10-17,19,24,26,31H,2-9,18H2,1H3,(H,32,34)(H,33,35)/t26-/m0/s1. The summed E-state index contributed by atoms with van der Waals surface area (Å²) in [6.45, 7) is 3.31. The van der Waals surface area contributed by atoms with Crippen molar-refractivity contribution < 1.29 is 0 Å². The second kappa shape index (κ2) is 9.82. The molecule has 6 rings (SSSR count). The Kier molecular flexibility index (Phi) is 6.26. The molecule has 3 heterocycles. The third kappa shape index (κ3) is 4.57. The zero-order valence-corrected chi connectivity index (χ0v) is 20.6. The first-order valence-corrected chi connectivity index (χ1v) is 13.4. The molecule has 0 radical (unpaired) electrons. The van der Waals surface area contributed by atoms with Gasteiger partial charge in [-0.15, -0.1) is 0 Å². The molecular formula is C30H35N5. The lowest BCUT2D eigenvalue weighted by Crippen LogP contribution is -2.14. The molecule has 2 aromatic heterocycles. The summed E-state index contributed by atoms with van der Waals surface area (Å²) in [5.74, 6) is 2.86. The van der Waals surface area contributed by atoms with E-state index < -0.39 is 0 Å². The van der Waals surface area contributed by atoms with Crippen LogP contribution in [-0.2, 0) is 6.42 Å². The lowest BCUT2D eigenvalue weighted by molar-refractivity contribution is 0.611. The predicted octanol–water partition coefficient (Wildman–Crippen LogP) is 7.17. The highest BCUT2D eigenvalue weighted by molar-refractivity contribution is 5.72. The van der Waals surface area contributed by atoms with E-state index in [0.29, 0.717) is 12.0 Å². The summed E-state index contributed by atoms with van der Waals surface area (Å²) in [6.07, 6.45) is 11.7. The van der Waals surface area contributed by atoms with Gasteiger partial charge in [0.15, 0.2) is 0 Å². The van der Waals surface area contributed by atoms with Gasteiger partial charge in [-0.1, -0.05) is 74.7 Å². The Morgan fingerprint density at radius 1 is 0.771 bits per heavy atom. The van der Waals surface area contributed by atoms with Crippen molar-refractivity contribution in [3.05, 3.63) is 72.1 Å². The molecule has 1 aliphatic carbocycles. The minimum absolute atomic E-state index is 0.362. The number of hydrogen-bond donors (Lipinski definition) is 3. The molecular weight excluding hydrogens is 430 g/mol. The van der Waals surface area contributed by atoms with E-state index in [4.69, 9.17) is 4.98 Å². The highest BCUT2D eigenvalue weighted by Gasteiger charge is 2.22. The summed E-state index contributed by atoms with van der Waals surface area (Å²) in [5.41, 5.74) is 8.30. The van der Waals surface area contributed by atoms with E-state index in [2.05, 4.69) is 75.7 Å². The van der Waals surface area contributed by atoms with Crippen LogP contribution in [0.2, 0.25) is 0 Å². The summed E-state index contributed by atoms with van der Waals surface area (Å²) in [4.78, 5) is 16.9. The average molecular weight is 466 g/mol. The molecule has 0 unspecified atom stereocenters. The predicted molar refractivity (Wildman–Crippen MR) is 142 cm³/mol. The maximum absolute atomic E-state index is 5.03. The Morgan fingerprint density at radius 2 is 1.46 bits per heavy atom. The first-order chi connectivity index (χ1) is 17.3. The third-order valence-electron chi connectivity index (χ3n) is 7.71. The number of aryl methyl sites for hydroxylation is 1. The van der Waals surface area contributed by atoms with E-state index in [0.717, 1.165) is 48.8 Å². The first kappa shape index (κ1) is 22.3. The SMILES string of the molecule is CCCc1[nH]c([C@@H]2CCCN2)nc1-c1ccc(-c2ccc(-c3cnc(C4CCCC4)[nH]3)cc2)cc1. The number of rotatable bonds is 7. The van der Waals surface area contributed by atoms with Gasteiger partial charge in [0, 0.05) is 17.2 Å². The van der Waals surface area contributed by atoms with Crippen molar-refractivity contribution in [3.8, 4) is 33.6 Å². The molecule has 1 saturated carbocycles. The van der Waals surface area contributed by atoms with Crippen LogP contribution in [0.5, 0.6) is 0 Å². The van der Waals surface area contributed by atoms with E-state index in [9.17, 15) is 0 Å². The Morgan fingerprint density at radius 3 is 2.11 bits per heavy atom. The van der Waals surface area contributed by atoms with E-state index in [1.807, 2.05) is 6.20 Å². The fraction of sp³-hybridized carbons (Fsp3) is 0.400. The molecule has 0 amide bonds. The van der Waals surface area contributed by atoms with Crippen LogP contribution in [-0.4, -0.2) is 26.5 Å². The number of H-pyrrole nitrogens is 2. The number of hydrogen-bond acceptors (Lipinski definition) is 3. The second-order valence-corrected chi connectivity index (χ2v) is 10.2. The normalized spacial score (nSPS) is 18.5. The van der Waals surface area contributed by atoms with Crippen molar-refractivity contribution >= 4 is 0 Å². The van der Waals surface area contributed by atoms with Gasteiger partial charge >= 0.3 is 0 Å². The fourth-order valence-corrected chi connectivity index (χ4v) is 5.74. The van der Waals surface area contributed by atoms with Crippen LogP contribution in [0.15, 0.2) is 54.7 Å². The molecule has 4 aromatic rings. The number of imidazole rings is 2. The van der Waals surface area contributed by atoms with E-state index in [-0.39, 0.29) is 0 Å². The zero-order valence-electron chi connectivity index (χ0n) is 20.6. The molecule has 1 saturated heterocycles. The van der Waals surface area contributed by atoms with Gasteiger partial charge in [0.25, 0.3) is 0 Å². The Hall–Kier alpha value is -3.18.